The second-order valence-electron chi connectivity index (χ2n) is 6.12. The molecule has 0 fully saturated rings. The molecule has 0 heterocycles. The van der Waals surface area contributed by atoms with Gasteiger partial charge in [-0.1, -0.05) is 12.1 Å². The molecule has 7 heteroatoms. The van der Waals surface area contributed by atoms with Gasteiger partial charge in [0.2, 0.25) is 0 Å². The molecule has 0 aliphatic heterocycles. The molecule has 2 rings (SSSR count). The van der Waals surface area contributed by atoms with E-state index in [1.165, 1.54) is 18.2 Å². The number of esters is 1. The van der Waals surface area contributed by atoms with Crippen LogP contribution in [-0.2, 0) is 20.7 Å². The van der Waals surface area contributed by atoms with Gasteiger partial charge in [0.25, 0.3) is 5.69 Å². The van der Waals surface area contributed by atoms with Crippen LogP contribution in [0.15, 0.2) is 36.0 Å². The highest BCUT2D eigenvalue weighted by Crippen LogP contribution is 2.35. The number of rotatable bonds is 7. The maximum absolute atomic E-state index is 12.2. The number of nitrogens with one attached hydrogen (secondary N) is 1. The van der Waals surface area contributed by atoms with Gasteiger partial charge in [0.1, 0.15) is 6.04 Å². The molecule has 7 nitrogen and oxygen atoms in total. The molecule has 24 heavy (non-hydrogen) atoms. The Labute approximate surface area is 139 Å². The van der Waals surface area contributed by atoms with Crippen molar-refractivity contribution in [1.29, 1.82) is 0 Å². The summed E-state index contributed by atoms with van der Waals surface area (Å²) in [5.74, 6) is -0.421. The average molecular weight is 332 g/mol. The van der Waals surface area contributed by atoms with Gasteiger partial charge in [0.05, 0.1) is 16.9 Å². The van der Waals surface area contributed by atoms with Crippen molar-refractivity contribution in [2.45, 2.75) is 33.2 Å². The van der Waals surface area contributed by atoms with Crippen molar-refractivity contribution in [2.24, 2.45) is 5.41 Å². The van der Waals surface area contributed by atoms with Crippen LogP contribution in [0.25, 0.3) is 0 Å². The second kappa shape index (κ2) is 6.82. The number of nitro groups is 1. The molecule has 1 aromatic rings. The molecule has 1 aliphatic carbocycles. The van der Waals surface area contributed by atoms with Crippen molar-refractivity contribution < 1.29 is 19.2 Å². The fourth-order valence-electron chi connectivity index (χ4n) is 2.38. The van der Waals surface area contributed by atoms with Gasteiger partial charge in [0, 0.05) is 30.3 Å². The molecule has 0 saturated carbocycles. The monoisotopic (exact) mass is 332 g/mol. The van der Waals surface area contributed by atoms with E-state index in [1.807, 2.05) is 0 Å². The van der Waals surface area contributed by atoms with Crippen LogP contribution < -0.4 is 5.32 Å². The summed E-state index contributed by atoms with van der Waals surface area (Å²) in [6, 6.07) is 5.35. The molecule has 0 unspecified atom stereocenters. The summed E-state index contributed by atoms with van der Waals surface area (Å²) in [7, 11) is 0. The first-order chi connectivity index (χ1) is 11.3. The minimum atomic E-state index is -0.662. The van der Waals surface area contributed by atoms with Gasteiger partial charge in [-0.25, -0.2) is 4.79 Å². The van der Waals surface area contributed by atoms with Gasteiger partial charge >= 0.3 is 5.97 Å². The van der Waals surface area contributed by atoms with Crippen LogP contribution in [0.5, 0.6) is 0 Å². The Morgan fingerprint density at radius 3 is 2.42 bits per heavy atom. The summed E-state index contributed by atoms with van der Waals surface area (Å²) in [6.07, 6.45) is 1.78. The van der Waals surface area contributed by atoms with Gasteiger partial charge in [-0.05, 0) is 26.3 Å². The Kier molecular flexibility index (Phi) is 5.02. The average Bonchev–Trinajstić information content (AvgIpc) is 2.54. The maximum atomic E-state index is 12.2. The molecule has 0 radical (unpaired) electrons. The van der Waals surface area contributed by atoms with Gasteiger partial charge in [-0.15, -0.1) is 0 Å². The standard InChI is InChI=1S/C17H20N2O5/c1-4-24-16(21)13(18-14-10-15(20)17(14,2)3)9-11-5-7-12(8-6-11)19(22)23/h5-8,10,13,18H,4,9H2,1-3H3/t13-/m0/s1. The fraction of sp³-hybridized carbons (Fsp3) is 0.412. The molecule has 0 amide bonds. The van der Waals surface area contributed by atoms with E-state index in [-0.39, 0.29) is 18.1 Å². The molecule has 0 bridgehead atoms. The van der Waals surface area contributed by atoms with E-state index in [2.05, 4.69) is 5.32 Å². The molecule has 1 N–H and O–H groups in total. The zero-order chi connectivity index (χ0) is 17.9. The molecule has 128 valence electrons. The third-order valence-corrected chi connectivity index (χ3v) is 4.05. The molecule has 0 saturated heterocycles. The van der Waals surface area contributed by atoms with E-state index in [1.54, 1.807) is 32.9 Å². The van der Waals surface area contributed by atoms with Crippen molar-refractivity contribution in [2.75, 3.05) is 6.61 Å². The van der Waals surface area contributed by atoms with Crippen LogP contribution >= 0.6 is 0 Å². The Morgan fingerprint density at radius 1 is 1.33 bits per heavy atom. The minimum absolute atomic E-state index is 0.00273. The number of nitrogens with zero attached hydrogens (tertiary/aromatic N) is 1. The molecule has 1 aliphatic rings. The van der Waals surface area contributed by atoms with E-state index in [0.29, 0.717) is 12.1 Å². The van der Waals surface area contributed by atoms with E-state index >= 15 is 0 Å². The Balaban J connectivity index is 2.15. The molecule has 1 aromatic carbocycles. The summed E-state index contributed by atoms with van der Waals surface area (Å²) in [6.45, 7) is 5.53. The highest BCUT2D eigenvalue weighted by atomic mass is 16.6. The first-order valence-corrected chi connectivity index (χ1v) is 7.68. The maximum Gasteiger partial charge on any atom is 0.328 e. The molecular weight excluding hydrogens is 312 g/mol. The highest BCUT2D eigenvalue weighted by molar-refractivity contribution is 6.04. The predicted molar refractivity (Wildman–Crippen MR) is 87.2 cm³/mol. The third kappa shape index (κ3) is 3.61. The zero-order valence-corrected chi connectivity index (χ0v) is 13.9. The zero-order valence-electron chi connectivity index (χ0n) is 13.9. The first kappa shape index (κ1) is 17.7. The highest BCUT2D eigenvalue weighted by Gasteiger charge is 2.41. The van der Waals surface area contributed by atoms with E-state index in [9.17, 15) is 19.7 Å². The number of ether oxygens (including phenoxy) is 1. The van der Waals surface area contributed by atoms with Crippen LogP contribution in [-0.4, -0.2) is 29.3 Å². The van der Waals surface area contributed by atoms with Crippen molar-refractivity contribution in [3.8, 4) is 0 Å². The minimum Gasteiger partial charge on any atom is -0.464 e. The lowest BCUT2D eigenvalue weighted by atomic mass is 9.74. The van der Waals surface area contributed by atoms with Crippen LogP contribution in [0, 0.1) is 15.5 Å². The molecule has 1 atom stereocenters. The van der Waals surface area contributed by atoms with Crippen molar-refractivity contribution >= 4 is 17.4 Å². The number of allylic oxidation sites excluding steroid dienone is 2. The lowest BCUT2D eigenvalue weighted by molar-refractivity contribution is -0.384. The summed E-state index contributed by atoms with van der Waals surface area (Å²) < 4.78 is 5.08. The summed E-state index contributed by atoms with van der Waals surface area (Å²) in [4.78, 5) is 34.0. The van der Waals surface area contributed by atoms with Gasteiger partial charge < -0.3 is 10.1 Å². The fourth-order valence-corrected chi connectivity index (χ4v) is 2.38. The van der Waals surface area contributed by atoms with Crippen LogP contribution in [0.3, 0.4) is 0 Å². The number of benzene rings is 1. The number of hydrogen-bond donors (Lipinski definition) is 1. The van der Waals surface area contributed by atoms with E-state index in [0.717, 1.165) is 5.56 Å². The molecule has 0 spiro atoms. The normalized spacial score (nSPS) is 16.6. The summed E-state index contributed by atoms with van der Waals surface area (Å²) in [5.41, 5.74) is 0.802. The summed E-state index contributed by atoms with van der Waals surface area (Å²) >= 11 is 0. The predicted octanol–water partition coefficient (Wildman–Crippen LogP) is 2.15. The number of ketones is 1. The van der Waals surface area contributed by atoms with E-state index < -0.39 is 22.3 Å². The summed E-state index contributed by atoms with van der Waals surface area (Å²) in [5, 5.41) is 13.8. The third-order valence-electron chi connectivity index (χ3n) is 4.05. The Bertz CT molecular complexity index is 691. The second-order valence-corrected chi connectivity index (χ2v) is 6.12. The number of nitro benzene ring substituents is 1. The van der Waals surface area contributed by atoms with Crippen molar-refractivity contribution in [1.82, 2.24) is 5.32 Å². The Morgan fingerprint density at radius 2 is 1.96 bits per heavy atom. The lowest BCUT2D eigenvalue weighted by Gasteiger charge is -2.36. The number of carbonyl (C=O) groups is 2. The number of hydrogen-bond acceptors (Lipinski definition) is 6. The van der Waals surface area contributed by atoms with Crippen molar-refractivity contribution in [3.63, 3.8) is 0 Å². The first-order valence-electron chi connectivity index (χ1n) is 7.68. The Hall–Kier alpha value is -2.70. The van der Waals surface area contributed by atoms with Gasteiger partial charge in [0.15, 0.2) is 5.78 Å². The van der Waals surface area contributed by atoms with Crippen LogP contribution in [0.4, 0.5) is 5.69 Å². The van der Waals surface area contributed by atoms with Crippen LogP contribution in [0.2, 0.25) is 0 Å². The molecular formula is C17H20N2O5. The topological polar surface area (TPSA) is 98.5 Å². The lowest BCUT2D eigenvalue weighted by Crippen LogP contribution is -2.48. The van der Waals surface area contributed by atoms with Gasteiger partial charge in [-0.3, -0.25) is 14.9 Å². The SMILES string of the molecule is CCOC(=O)[C@H](Cc1ccc([N+](=O)[O-])cc1)NC1=CC(=O)C1(C)C. The number of non-ortho nitro benzene ring substituents is 1. The van der Waals surface area contributed by atoms with Gasteiger partial charge in [-0.2, -0.15) is 0 Å². The quantitative estimate of drug-likeness (QED) is 0.467. The molecule has 0 aromatic heterocycles. The van der Waals surface area contributed by atoms with Crippen LogP contribution in [0.1, 0.15) is 26.3 Å². The smallest absolute Gasteiger partial charge is 0.328 e. The van der Waals surface area contributed by atoms with Crippen molar-refractivity contribution in [3.05, 3.63) is 51.7 Å². The number of carbonyl (C=O) groups excluding carboxylic acids is 2. The van der Waals surface area contributed by atoms with E-state index in [4.69, 9.17) is 4.74 Å². The largest absolute Gasteiger partial charge is 0.464 e.